The number of nitrogens with one attached hydrogen (secondary N) is 1. The van der Waals surface area contributed by atoms with E-state index in [0.717, 1.165) is 0 Å². The van der Waals surface area contributed by atoms with E-state index in [1.165, 1.54) is 18.2 Å². The maximum atomic E-state index is 12.8. The molecule has 0 saturated carbocycles. The Balaban J connectivity index is 1.86. The van der Waals surface area contributed by atoms with Crippen LogP contribution in [0, 0.1) is 0 Å². The molecular weight excluding hydrogens is 288 g/mol. The number of fused-ring (bicyclic) bond motifs is 1. The number of anilines is 1. The van der Waals surface area contributed by atoms with Crippen LogP contribution < -0.4 is 14.8 Å². The van der Waals surface area contributed by atoms with Gasteiger partial charge in [0.05, 0.1) is 19.1 Å². The van der Waals surface area contributed by atoms with E-state index in [4.69, 9.17) is 4.74 Å². The van der Waals surface area contributed by atoms with Crippen molar-refractivity contribution >= 4 is 11.7 Å². The number of alkyl halides is 2. The van der Waals surface area contributed by atoms with E-state index in [2.05, 4.69) is 14.8 Å². The van der Waals surface area contributed by atoms with Gasteiger partial charge in [-0.15, -0.1) is 8.78 Å². The lowest BCUT2D eigenvalue weighted by Crippen LogP contribution is -2.26. The molecule has 1 aromatic rings. The zero-order chi connectivity index (χ0) is 15.5. The molecule has 0 spiro atoms. The van der Waals surface area contributed by atoms with Crippen LogP contribution in [-0.4, -0.2) is 36.6 Å². The molecule has 21 heavy (non-hydrogen) atoms. The lowest BCUT2D eigenvalue weighted by atomic mass is 10.2. The van der Waals surface area contributed by atoms with Crippen LogP contribution in [0.3, 0.4) is 0 Å². The molecule has 0 saturated heterocycles. The Labute approximate surface area is 119 Å². The van der Waals surface area contributed by atoms with Crippen LogP contribution in [-0.2, 0) is 9.53 Å². The molecule has 1 unspecified atom stereocenters. The smallest absolute Gasteiger partial charge is 0.466 e. The van der Waals surface area contributed by atoms with Crippen LogP contribution in [0.5, 0.6) is 11.5 Å². The number of aliphatic hydroxyl groups excluding tert-OH is 1. The van der Waals surface area contributed by atoms with E-state index in [1.54, 1.807) is 6.92 Å². The third kappa shape index (κ3) is 4.19. The number of hydrogen-bond donors (Lipinski definition) is 2. The Morgan fingerprint density at radius 3 is 2.86 bits per heavy atom. The number of aliphatic hydroxyl groups is 1. The molecule has 6 nitrogen and oxygen atoms in total. The minimum atomic E-state index is -3.66. The molecule has 2 N–H and O–H groups in total. The highest BCUT2D eigenvalue weighted by Gasteiger charge is 2.43. The van der Waals surface area contributed by atoms with Crippen molar-refractivity contribution in [1.82, 2.24) is 0 Å². The van der Waals surface area contributed by atoms with Crippen LogP contribution >= 0.6 is 0 Å². The Bertz CT molecular complexity index is 523. The van der Waals surface area contributed by atoms with Crippen molar-refractivity contribution in [1.29, 1.82) is 0 Å². The van der Waals surface area contributed by atoms with Crippen LogP contribution in [0.2, 0.25) is 0 Å². The number of carbonyl (C=O) groups excluding carboxylic acids is 1. The van der Waals surface area contributed by atoms with E-state index in [9.17, 15) is 18.7 Å². The first-order valence-electron chi connectivity index (χ1n) is 6.37. The molecule has 8 heteroatoms. The van der Waals surface area contributed by atoms with Crippen molar-refractivity contribution in [3.05, 3.63) is 18.2 Å². The van der Waals surface area contributed by atoms with Gasteiger partial charge in [0.1, 0.15) is 0 Å². The van der Waals surface area contributed by atoms with E-state index in [0.29, 0.717) is 5.69 Å². The van der Waals surface area contributed by atoms with E-state index in [1.807, 2.05) is 0 Å². The third-order valence-corrected chi connectivity index (χ3v) is 2.65. The summed E-state index contributed by atoms with van der Waals surface area (Å²) in [5.74, 6) is -0.653. The van der Waals surface area contributed by atoms with Crippen LogP contribution in [0.4, 0.5) is 14.5 Å². The average molecular weight is 303 g/mol. The molecule has 0 aliphatic carbocycles. The van der Waals surface area contributed by atoms with Gasteiger partial charge in [0, 0.05) is 18.3 Å². The molecule has 1 atom stereocenters. The molecule has 0 radical (unpaired) electrons. The normalized spacial score (nSPS) is 16.4. The zero-order valence-corrected chi connectivity index (χ0v) is 11.3. The fraction of sp³-hybridized carbons (Fsp3) is 0.462. The minimum absolute atomic E-state index is 0.0578. The monoisotopic (exact) mass is 303 g/mol. The summed E-state index contributed by atoms with van der Waals surface area (Å²) in [5, 5.41) is 12.5. The number of ether oxygens (including phenoxy) is 3. The summed E-state index contributed by atoms with van der Waals surface area (Å²) in [6.07, 6.45) is -4.76. The fourth-order valence-electron chi connectivity index (χ4n) is 1.78. The molecule has 1 aliphatic heterocycles. The highest BCUT2D eigenvalue weighted by atomic mass is 19.3. The van der Waals surface area contributed by atoms with Gasteiger partial charge in [-0.05, 0) is 19.1 Å². The summed E-state index contributed by atoms with van der Waals surface area (Å²) in [6.45, 7) is 1.98. The first-order chi connectivity index (χ1) is 9.89. The lowest BCUT2D eigenvalue weighted by molar-refractivity contribution is -0.286. The predicted octanol–water partition coefficient (Wildman–Crippen LogP) is 1.73. The van der Waals surface area contributed by atoms with Crippen molar-refractivity contribution in [3.8, 4) is 11.5 Å². The fourth-order valence-corrected chi connectivity index (χ4v) is 1.78. The maximum absolute atomic E-state index is 12.8. The van der Waals surface area contributed by atoms with Crippen molar-refractivity contribution < 1.29 is 32.9 Å². The van der Waals surface area contributed by atoms with Gasteiger partial charge in [0.25, 0.3) is 0 Å². The first kappa shape index (κ1) is 15.3. The second-order valence-corrected chi connectivity index (χ2v) is 4.37. The summed E-state index contributed by atoms with van der Waals surface area (Å²) in [4.78, 5) is 11.2. The van der Waals surface area contributed by atoms with Crippen molar-refractivity contribution in [2.45, 2.75) is 25.7 Å². The molecule has 1 aromatic carbocycles. The topological polar surface area (TPSA) is 77.0 Å². The molecule has 1 aliphatic rings. The molecule has 0 amide bonds. The Morgan fingerprint density at radius 2 is 2.14 bits per heavy atom. The van der Waals surface area contributed by atoms with E-state index in [-0.39, 0.29) is 31.1 Å². The highest BCUT2D eigenvalue weighted by Crippen LogP contribution is 2.42. The van der Waals surface area contributed by atoms with Crippen LogP contribution in [0.25, 0.3) is 0 Å². The maximum Gasteiger partial charge on any atom is 0.586 e. The first-order valence-corrected chi connectivity index (χ1v) is 6.37. The molecule has 2 rings (SSSR count). The zero-order valence-electron chi connectivity index (χ0n) is 11.3. The second-order valence-electron chi connectivity index (χ2n) is 4.37. The van der Waals surface area contributed by atoms with Gasteiger partial charge >= 0.3 is 12.3 Å². The quantitative estimate of drug-likeness (QED) is 0.780. The summed E-state index contributed by atoms with van der Waals surface area (Å²) >= 11 is 0. The molecule has 0 bridgehead atoms. The molecular formula is C13H15F2NO5. The number of halogens is 2. The van der Waals surface area contributed by atoms with Gasteiger partial charge in [0.2, 0.25) is 0 Å². The predicted molar refractivity (Wildman–Crippen MR) is 68.4 cm³/mol. The van der Waals surface area contributed by atoms with Crippen LogP contribution in [0.1, 0.15) is 13.3 Å². The SMILES string of the molecule is CCOC(=O)CC(O)CNc1ccc2c(c1)OC(F)(F)O2. The summed E-state index contributed by atoms with van der Waals surface area (Å²) in [6, 6.07) is 4.16. The van der Waals surface area contributed by atoms with Crippen molar-refractivity contribution in [2.75, 3.05) is 18.5 Å². The van der Waals surface area contributed by atoms with Gasteiger partial charge in [-0.2, -0.15) is 0 Å². The van der Waals surface area contributed by atoms with Gasteiger partial charge in [-0.3, -0.25) is 4.79 Å². The number of esters is 1. The number of benzene rings is 1. The number of carbonyl (C=O) groups is 1. The van der Waals surface area contributed by atoms with Gasteiger partial charge in [-0.1, -0.05) is 0 Å². The molecule has 0 fully saturated rings. The van der Waals surface area contributed by atoms with Crippen LogP contribution in [0.15, 0.2) is 18.2 Å². The average Bonchev–Trinajstić information content (AvgIpc) is 2.69. The van der Waals surface area contributed by atoms with Gasteiger partial charge in [0.15, 0.2) is 11.5 Å². The lowest BCUT2D eigenvalue weighted by Gasteiger charge is -2.12. The Hall–Kier alpha value is -2.09. The highest BCUT2D eigenvalue weighted by molar-refractivity contribution is 5.70. The third-order valence-electron chi connectivity index (χ3n) is 2.65. The number of hydrogen-bond acceptors (Lipinski definition) is 6. The van der Waals surface area contributed by atoms with Crippen molar-refractivity contribution in [2.24, 2.45) is 0 Å². The summed E-state index contributed by atoms with van der Waals surface area (Å²) in [7, 11) is 0. The van der Waals surface area contributed by atoms with Gasteiger partial charge < -0.3 is 24.6 Å². The molecule has 116 valence electrons. The minimum Gasteiger partial charge on any atom is -0.466 e. The number of rotatable bonds is 6. The molecule has 1 heterocycles. The largest absolute Gasteiger partial charge is 0.586 e. The molecule has 0 aromatic heterocycles. The standard InChI is InChI=1S/C13H15F2NO5/c1-2-19-12(18)6-9(17)7-16-8-3-4-10-11(5-8)21-13(14,15)20-10/h3-5,9,16-17H,2,6-7H2,1H3. The summed E-state index contributed by atoms with van der Waals surface area (Å²) < 4.78 is 39.0. The van der Waals surface area contributed by atoms with E-state index < -0.39 is 18.4 Å². The van der Waals surface area contributed by atoms with E-state index >= 15 is 0 Å². The second kappa shape index (κ2) is 6.13. The summed E-state index contributed by atoms with van der Waals surface area (Å²) in [5.41, 5.74) is 0.456. The Kier molecular flexibility index (Phi) is 4.46. The van der Waals surface area contributed by atoms with Crippen molar-refractivity contribution in [3.63, 3.8) is 0 Å². The van der Waals surface area contributed by atoms with Gasteiger partial charge in [-0.25, -0.2) is 0 Å². The Morgan fingerprint density at radius 1 is 1.43 bits per heavy atom.